The number of aromatic nitrogens is 2. The van der Waals surface area contributed by atoms with Crippen molar-refractivity contribution < 1.29 is 0 Å². The Kier molecular flexibility index (Phi) is 5.42. The molecule has 0 spiro atoms. The Morgan fingerprint density at radius 3 is 2.62 bits per heavy atom. The molecule has 2 rings (SSSR count). The van der Waals surface area contributed by atoms with E-state index in [1.807, 2.05) is 6.07 Å². The van der Waals surface area contributed by atoms with Gasteiger partial charge in [0.25, 0.3) is 0 Å². The lowest BCUT2D eigenvalue weighted by Crippen LogP contribution is -2.20. The van der Waals surface area contributed by atoms with Gasteiger partial charge in [-0.15, -0.1) is 11.3 Å². The predicted molar refractivity (Wildman–Crippen MR) is 91.7 cm³/mol. The van der Waals surface area contributed by atoms with Gasteiger partial charge >= 0.3 is 0 Å². The molecule has 21 heavy (non-hydrogen) atoms. The molecule has 6 heteroatoms. The molecule has 2 aromatic heterocycles. The van der Waals surface area contributed by atoms with E-state index in [2.05, 4.69) is 54.1 Å². The molecule has 0 saturated carbocycles. The van der Waals surface area contributed by atoms with Crippen molar-refractivity contribution in [2.24, 2.45) is 0 Å². The molecule has 0 amide bonds. The fourth-order valence-corrected chi connectivity index (χ4v) is 3.31. The quantitative estimate of drug-likeness (QED) is 0.867. The van der Waals surface area contributed by atoms with Crippen molar-refractivity contribution >= 4 is 34.6 Å². The van der Waals surface area contributed by atoms with Crippen LogP contribution in [0.25, 0.3) is 0 Å². The minimum Gasteiger partial charge on any atom is -0.370 e. The minimum absolute atomic E-state index is 0.796. The van der Waals surface area contributed by atoms with Crippen molar-refractivity contribution in [2.45, 2.75) is 33.7 Å². The molecule has 1 N–H and O–H groups in total. The first-order valence-corrected chi connectivity index (χ1v) is 8.31. The summed E-state index contributed by atoms with van der Waals surface area (Å²) in [5.41, 5.74) is 1.08. The molecule has 0 bridgehead atoms. The second-order valence-electron chi connectivity index (χ2n) is 4.88. The summed E-state index contributed by atoms with van der Waals surface area (Å²) in [6.45, 7) is 7.85. The second-order valence-corrected chi connectivity index (χ2v) is 6.68. The van der Waals surface area contributed by atoms with Gasteiger partial charge in [-0.3, -0.25) is 0 Å². The third kappa shape index (κ3) is 3.86. The molecule has 0 aliphatic rings. The van der Waals surface area contributed by atoms with Gasteiger partial charge in [0.15, 0.2) is 0 Å². The van der Waals surface area contributed by atoms with Crippen LogP contribution in [0.4, 0.5) is 11.6 Å². The summed E-state index contributed by atoms with van der Waals surface area (Å²) < 4.78 is 0.820. The maximum Gasteiger partial charge on any atom is 0.137 e. The van der Waals surface area contributed by atoms with E-state index in [9.17, 15) is 0 Å². The van der Waals surface area contributed by atoms with E-state index in [0.717, 1.165) is 46.9 Å². The Bertz CT molecular complexity index is 612. The molecule has 0 fully saturated rings. The van der Waals surface area contributed by atoms with Crippen molar-refractivity contribution in [2.75, 3.05) is 23.8 Å². The van der Waals surface area contributed by atoms with Crippen LogP contribution in [0.1, 0.15) is 30.1 Å². The fourth-order valence-electron chi connectivity index (χ4n) is 2.16. The highest BCUT2D eigenvalue weighted by Gasteiger charge is 2.14. The Morgan fingerprint density at radius 1 is 1.29 bits per heavy atom. The average molecular weight is 325 g/mol. The lowest BCUT2D eigenvalue weighted by atomic mass is 10.2. The van der Waals surface area contributed by atoms with E-state index in [4.69, 9.17) is 11.6 Å². The zero-order valence-electron chi connectivity index (χ0n) is 12.9. The van der Waals surface area contributed by atoms with Crippen LogP contribution in [0.5, 0.6) is 0 Å². The molecule has 0 atom stereocenters. The van der Waals surface area contributed by atoms with Gasteiger partial charge in [-0.25, -0.2) is 9.97 Å². The molecule has 114 valence electrons. The van der Waals surface area contributed by atoms with Crippen molar-refractivity contribution in [3.63, 3.8) is 0 Å². The Morgan fingerprint density at radius 2 is 2.05 bits per heavy atom. The van der Waals surface area contributed by atoms with Gasteiger partial charge < -0.3 is 10.2 Å². The highest BCUT2D eigenvalue weighted by molar-refractivity contribution is 7.16. The van der Waals surface area contributed by atoms with E-state index >= 15 is 0 Å². The molecule has 0 saturated heterocycles. The van der Waals surface area contributed by atoms with E-state index in [-0.39, 0.29) is 0 Å². The summed E-state index contributed by atoms with van der Waals surface area (Å²) in [4.78, 5) is 12.6. The molecule has 2 heterocycles. The number of hydrogen-bond donors (Lipinski definition) is 1. The van der Waals surface area contributed by atoms with Crippen LogP contribution < -0.4 is 10.2 Å². The summed E-state index contributed by atoms with van der Waals surface area (Å²) in [6.07, 6.45) is 0.824. The maximum absolute atomic E-state index is 6.00. The van der Waals surface area contributed by atoms with Crippen LogP contribution in [-0.2, 0) is 13.0 Å². The first kappa shape index (κ1) is 16.0. The van der Waals surface area contributed by atoms with Crippen molar-refractivity contribution in [3.8, 4) is 0 Å². The number of nitrogens with one attached hydrogen (secondary N) is 1. The average Bonchev–Trinajstić information content (AvgIpc) is 2.86. The third-order valence-corrected chi connectivity index (χ3v) is 4.43. The summed E-state index contributed by atoms with van der Waals surface area (Å²) in [7, 11) is 2.05. The monoisotopic (exact) mass is 324 g/mol. The second kappa shape index (κ2) is 7.09. The van der Waals surface area contributed by atoms with Gasteiger partial charge in [-0.05, 0) is 26.0 Å². The molecule has 4 nitrogen and oxygen atoms in total. The van der Waals surface area contributed by atoms with Gasteiger partial charge in [-0.1, -0.05) is 18.5 Å². The number of nitrogens with zero attached hydrogens (tertiary/aromatic N) is 3. The molecular formula is C15H21ClN4S. The van der Waals surface area contributed by atoms with Crippen LogP contribution >= 0.6 is 22.9 Å². The van der Waals surface area contributed by atoms with Gasteiger partial charge in [0.2, 0.25) is 0 Å². The fraction of sp³-hybridized carbons (Fsp3) is 0.467. The van der Waals surface area contributed by atoms with Gasteiger partial charge in [0, 0.05) is 30.5 Å². The van der Waals surface area contributed by atoms with Crippen LogP contribution in [0.15, 0.2) is 12.1 Å². The summed E-state index contributed by atoms with van der Waals surface area (Å²) in [6, 6.07) is 4.00. The molecule has 0 aliphatic heterocycles. The molecule has 0 radical (unpaired) electrons. The highest BCUT2D eigenvalue weighted by atomic mass is 35.5. The maximum atomic E-state index is 6.00. The van der Waals surface area contributed by atoms with E-state index in [1.54, 1.807) is 11.3 Å². The van der Waals surface area contributed by atoms with Crippen molar-refractivity contribution in [1.29, 1.82) is 0 Å². The Balaban J connectivity index is 2.30. The number of rotatable bonds is 6. The number of anilines is 2. The lowest BCUT2D eigenvalue weighted by molar-refractivity contribution is 0.856. The number of aryl methyl sites for hydroxylation is 1. The molecule has 0 aromatic carbocycles. The van der Waals surface area contributed by atoms with Crippen molar-refractivity contribution in [1.82, 2.24) is 9.97 Å². The van der Waals surface area contributed by atoms with Crippen LogP contribution in [0.3, 0.4) is 0 Å². The standard InChI is InChI=1S/C15H21ClN4S/c1-5-13-18-14(17-6-2)10(3)15(19-13)20(4)9-11-7-8-12(16)21-11/h7-8H,5-6,9H2,1-4H3,(H,17,18,19). The first-order valence-electron chi connectivity index (χ1n) is 7.11. The largest absolute Gasteiger partial charge is 0.370 e. The molecule has 0 unspecified atom stereocenters. The third-order valence-electron chi connectivity index (χ3n) is 3.21. The lowest BCUT2D eigenvalue weighted by Gasteiger charge is -2.22. The van der Waals surface area contributed by atoms with Gasteiger partial charge in [-0.2, -0.15) is 0 Å². The van der Waals surface area contributed by atoms with Crippen LogP contribution in [0.2, 0.25) is 4.34 Å². The number of halogens is 1. The van der Waals surface area contributed by atoms with Gasteiger partial charge in [0.1, 0.15) is 17.5 Å². The van der Waals surface area contributed by atoms with Crippen LogP contribution in [0, 0.1) is 6.92 Å². The zero-order chi connectivity index (χ0) is 15.4. The normalized spacial score (nSPS) is 10.7. The summed E-state index contributed by atoms with van der Waals surface area (Å²) in [5, 5.41) is 3.32. The van der Waals surface area contributed by atoms with Gasteiger partial charge in [0.05, 0.1) is 10.9 Å². The molecular weight excluding hydrogens is 304 g/mol. The Labute approximate surface area is 135 Å². The predicted octanol–water partition coefficient (Wildman–Crippen LogP) is 4.13. The molecule has 2 aromatic rings. The summed E-state index contributed by atoms with van der Waals surface area (Å²) >= 11 is 7.61. The SMILES string of the molecule is CCNc1nc(CC)nc(N(C)Cc2ccc(Cl)s2)c1C. The van der Waals surface area contributed by atoms with E-state index in [1.165, 1.54) is 4.88 Å². The topological polar surface area (TPSA) is 41.1 Å². The Hall–Kier alpha value is -1.33. The zero-order valence-corrected chi connectivity index (χ0v) is 14.5. The highest BCUT2D eigenvalue weighted by Crippen LogP contribution is 2.27. The smallest absolute Gasteiger partial charge is 0.137 e. The number of thiophene rings is 1. The minimum atomic E-state index is 0.796. The molecule has 0 aliphatic carbocycles. The number of hydrogen-bond acceptors (Lipinski definition) is 5. The van der Waals surface area contributed by atoms with E-state index in [0.29, 0.717) is 0 Å². The first-order chi connectivity index (χ1) is 10.0. The summed E-state index contributed by atoms with van der Waals surface area (Å²) in [5.74, 6) is 2.76. The van der Waals surface area contributed by atoms with Crippen molar-refractivity contribution in [3.05, 3.63) is 32.7 Å². The van der Waals surface area contributed by atoms with E-state index < -0.39 is 0 Å². The van der Waals surface area contributed by atoms with Crippen LogP contribution in [-0.4, -0.2) is 23.6 Å².